The van der Waals surface area contributed by atoms with Gasteiger partial charge in [0.25, 0.3) is 0 Å². The van der Waals surface area contributed by atoms with Gasteiger partial charge in [-0.05, 0) is 31.2 Å². The monoisotopic (exact) mass is 329 g/mol. The van der Waals surface area contributed by atoms with Crippen molar-refractivity contribution < 1.29 is 23.7 Å². The standard InChI is InChI=1S/C18H19NO5/c1-19-4-3-9-5-14(21-2)17-15(16(9)19)10-6-12-13(23-8-22-12)7-11(10)18(20)24-17/h5-7,14-17H,3-4,8H2,1-2H3/t14-,15-,16+,17+/m0/s1. The zero-order chi connectivity index (χ0) is 16.4. The van der Waals surface area contributed by atoms with Crippen LogP contribution in [-0.4, -0.2) is 56.6 Å². The van der Waals surface area contributed by atoms with E-state index in [0.717, 1.165) is 18.5 Å². The van der Waals surface area contributed by atoms with E-state index in [1.165, 1.54) is 5.57 Å². The van der Waals surface area contributed by atoms with Crippen molar-refractivity contribution in [2.45, 2.75) is 30.6 Å². The SMILES string of the molecule is CO[C@H]1C=C2CCN(C)[C@H]2[C@@H]2c3cc4c(cc3C(=O)O[C@@H]21)OCO4. The predicted molar refractivity (Wildman–Crippen MR) is 84.4 cm³/mol. The topological polar surface area (TPSA) is 57.2 Å². The van der Waals surface area contributed by atoms with Crippen molar-refractivity contribution in [3.63, 3.8) is 0 Å². The second-order valence-corrected chi connectivity index (χ2v) is 6.81. The summed E-state index contributed by atoms with van der Waals surface area (Å²) >= 11 is 0. The summed E-state index contributed by atoms with van der Waals surface area (Å²) < 4.78 is 22.4. The summed E-state index contributed by atoms with van der Waals surface area (Å²) in [4.78, 5) is 14.9. The van der Waals surface area contributed by atoms with Crippen molar-refractivity contribution in [1.82, 2.24) is 4.90 Å². The van der Waals surface area contributed by atoms with Gasteiger partial charge < -0.3 is 18.9 Å². The highest BCUT2D eigenvalue weighted by atomic mass is 16.7. The Hall–Kier alpha value is -2.05. The molecule has 6 nitrogen and oxygen atoms in total. The van der Waals surface area contributed by atoms with E-state index in [1.807, 2.05) is 6.07 Å². The van der Waals surface area contributed by atoms with Crippen molar-refractivity contribution in [2.75, 3.05) is 27.5 Å². The van der Waals surface area contributed by atoms with E-state index in [1.54, 1.807) is 13.2 Å². The van der Waals surface area contributed by atoms with Crippen molar-refractivity contribution >= 4 is 5.97 Å². The minimum absolute atomic E-state index is 0.0460. The Morgan fingerprint density at radius 2 is 2.04 bits per heavy atom. The normalized spacial score (nSPS) is 33.4. The van der Waals surface area contributed by atoms with Gasteiger partial charge in [0.1, 0.15) is 12.2 Å². The zero-order valence-corrected chi connectivity index (χ0v) is 13.7. The molecule has 1 aliphatic carbocycles. The summed E-state index contributed by atoms with van der Waals surface area (Å²) in [5.74, 6) is 1.04. The van der Waals surface area contributed by atoms with E-state index in [0.29, 0.717) is 17.1 Å². The van der Waals surface area contributed by atoms with Gasteiger partial charge in [-0.25, -0.2) is 4.79 Å². The predicted octanol–water partition coefficient (Wildman–Crippen LogP) is 1.70. The van der Waals surface area contributed by atoms with Crippen LogP contribution >= 0.6 is 0 Å². The Labute approximate surface area is 139 Å². The van der Waals surface area contributed by atoms with E-state index < -0.39 is 0 Å². The summed E-state index contributed by atoms with van der Waals surface area (Å²) in [6.45, 7) is 1.19. The molecule has 1 saturated heterocycles. The number of likely N-dealkylation sites (tertiary alicyclic amines) is 1. The molecule has 0 spiro atoms. The lowest BCUT2D eigenvalue weighted by Crippen LogP contribution is -2.51. The second-order valence-electron chi connectivity index (χ2n) is 6.81. The van der Waals surface area contributed by atoms with Gasteiger partial charge in [0.05, 0.1) is 5.56 Å². The fraction of sp³-hybridized carbons (Fsp3) is 0.500. The highest BCUT2D eigenvalue weighted by Crippen LogP contribution is 2.49. The van der Waals surface area contributed by atoms with Crippen LogP contribution in [0.5, 0.6) is 11.5 Å². The van der Waals surface area contributed by atoms with Gasteiger partial charge in [-0.1, -0.05) is 11.6 Å². The van der Waals surface area contributed by atoms with Gasteiger partial charge in [-0.2, -0.15) is 0 Å². The molecule has 0 radical (unpaired) electrons. The molecule has 0 amide bonds. The van der Waals surface area contributed by atoms with E-state index in [2.05, 4.69) is 18.0 Å². The van der Waals surface area contributed by atoms with Crippen LogP contribution in [0.25, 0.3) is 0 Å². The van der Waals surface area contributed by atoms with Gasteiger partial charge in [0, 0.05) is 25.6 Å². The van der Waals surface area contributed by atoms with E-state index in [9.17, 15) is 4.79 Å². The average Bonchev–Trinajstić information content (AvgIpc) is 3.19. The summed E-state index contributed by atoms with van der Waals surface area (Å²) in [7, 11) is 3.79. The molecule has 6 heteroatoms. The third-order valence-electron chi connectivity index (χ3n) is 5.64. The fourth-order valence-electron chi connectivity index (χ4n) is 4.54. The number of hydrogen-bond acceptors (Lipinski definition) is 6. The number of fused-ring (bicyclic) bond motifs is 6. The zero-order valence-electron chi connectivity index (χ0n) is 13.7. The molecule has 1 aromatic rings. The van der Waals surface area contributed by atoms with E-state index >= 15 is 0 Å². The van der Waals surface area contributed by atoms with Crippen LogP contribution in [-0.2, 0) is 9.47 Å². The van der Waals surface area contributed by atoms with Gasteiger partial charge in [0.15, 0.2) is 11.5 Å². The minimum atomic E-state index is -0.316. The van der Waals surface area contributed by atoms with Crippen LogP contribution in [0.15, 0.2) is 23.8 Å². The summed E-state index contributed by atoms with van der Waals surface area (Å²) in [5.41, 5.74) is 2.93. The molecule has 1 fully saturated rings. The molecule has 4 aliphatic rings. The molecule has 0 bridgehead atoms. The van der Waals surface area contributed by atoms with Crippen LogP contribution in [0.2, 0.25) is 0 Å². The molecule has 0 N–H and O–H groups in total. The number of esters is 1. The minimum Gasteiger partial charge on any atom is -0.455 e. The number of methoxy groups -OCH3 is 1. The third kappa shape index (κ3) is 1.81. The van der Waals surface area contributed by atoms with Gasteiger partial charge in [-0.3, -0.25) is 4.90 Å². The second kappa shape index (κ2) is 4.97. The smallest absolute Gasteiger partial charge is 0.338 e. The first-order valence-corrected chi connectivity index (χ1v) is 8.25. The largest absolute Gasteiger partial charge is 0.455 e. The first-order chi connectivity index (χ1) is 11.7. The van der Waals surface area contributed by atoms with Crippen molar-refractivity contribution in [1.29, 1.82) is 0 Å². The molecular weight excluding hydrogens is 310 g/mol. The van der Waals surface area contributed by atoms with Gasteiger partial charge in [0.2, 0.25) is 6.79 Å². The maximum absolute atomic E-state index is 12.6. The van der Waals surface area contributed by atoms with Crippen LogP contribution in [0.1, 0.15) is 28.3 Å². The summed E-state index contributed by atoms with van der Waals surface area (Å²) in [6, 6.07) is 3.94. The lowest BCUT2D eigenvalue weighted by Gasteiger charge is -2.44. The molecule has 1 aromatic carbocycles. The number of carbonyl (C=O) groups is 1. The highest BCUT2D eigenvalue weighted by Gasteiger charge is 2.51. The summed E-state index contributed by atoms with van der Waals surface area (Å²) in [5, 5.41) is 0. The molecule has 3 heterocycles. The maximum Gasteiger partial charge on any atom is 0.338 e. The van der Waals surface area contributed by atoms with Crippen LogP contribution in [0.4, 0.5) is 0 Å². The Bertz CT molecular complexity index is 758. The van der Waals surface area contributed by atoms with E-state index in [-0.39, 0.29) is 36.9 Å². The number of nitrogens with zero attached hydrogens (tertiary/aromatic N) is 1. The number of rotatable bonds is 1. The fourth-order valence-corrected chi connectivity index (χ4v) is 4.54. The van der Waals surface area contributed by atoms with E-state index in [4.69, 9.17) is 18.9 Å². The lowest BCUT2D eigenvalue weighted by atomic mass is 9.73. The molecule has 4 atom stereocenters. The Morgan fingerprint density at radius 1 is 1.25 bits per heavy atom. The van der Waals surface area contributed by atoms with Crippen LogP contribution in [0, 0.1) is 0 Å². The molecule has 3 aliphatic heterocycles. The number of hydrogen-bond donors (Lipinski definition) is 0. The van der Waals surface area contributed by atoms with Crippen molar-refractivity contribution in [2.24, 2.45) is 0 Å². The lowest BCUT2D eigenvalue weighted by molar-refractivity contribution is -0.0468. The highest BCUT2D eigenvalue weighted by molar-refractivity contribution is 5.94. The van der Waals surface area contributed by atoms with Gasteiger partial charge in [-0.15, -0.1) is 0 Å². The molecule has 126 valence electrons. The summed E-state index contributed by atoms with van der Waals surface area (Å²) in [6.07, 6.45) is 2.64. The Balaban J connectivity index is 1.70. The quantitative estimate of drug-likeness (QED) is 0.577. The van der Waals surface area contributed by atoms with Crippen molar-refractivity contribution in [3.05, 3.63) is 34.9 Å². The number of likely N-dealkylation sites (N-methyl/N-ethyl adjacent to an activating group) is 1. The maximum atomic E-state index is 12.6. The number of ether oxygens (including phenoxy) is 4. The first-order valence-electron chi connectivity index (χ1n) is 8.25. The molecule has 0 unspecified atom stereocenters. The van der Waals surface area contributed by atoms with Crippen molar-refractivity contribution in [3.8, 4) is 11.5 Å². The van der Waals surface area contributed by atoms with Crippen LogP contribution in [0.3, 0.4) is 0 Å². The molecule has 5 rings (SSSR count). The third-order valence-corrected chi connectivity index (χ3v) is 5.64. The molecule has 0 aromatic heterocycles. The molecule has 0 saturated carbocycles. The Morgan fingerprint density at radius 3 is 2.83 bits per heavy atom. The Kier molecular flexibility index (Phi) is 2.96. The first kappa shape index (κ1) is 14.3. The molecular formula is C18H19NO5. The number of carbonyl (C=O) groups excluding carboxylic acids is 1. The average molecular weight is 329 g/mol. The van der Waals surface area contributed by atoms with Gasteiger partial charge >= 0.3 is 5.97 Å². The molecule has 24 heavy (non-hydrogen) atoms. The van der Waals surface area contributed by atoms with Crippen LogP contribution < -0.4 is 9.47 Å². The number of benzene rings is 1.